The van der Waals surface area contributed by atoms with Gasteiger partial charge in [-0.25, -0.2) is 9.18 Å². The fourth-order valence-electron chi connectivity index (χ4n) is 1.65. The molecular weight excluding hydrogens is 265 g/mol. The Labute approximate surface area is 113 Å². The van der Waals surface area contributed by atoms with E-state index in [9.17, 15) is 19.1 Å². The largest absolute Gasteiger partial charge is 0.508 e. The Bertz CT molecular complexity index is 685. The molecule has 0 radical (unpaired) electrons. The van der Waals surface area contributed by atoms with Crippen molar-refractivity contribution < 1.29 is 24.2 Å². The molecule has 5 nitrogen and oxygen atoms in total. The first kappa shape index (κ1) is 13.5. The first-order valence-electron chi connectivity index (χ1n) is 5.60. The molecule has 0 saturated carbocycles. The van der Waals surface area contributed by atoms with Gasteiger partial charge >= 0.3 is 5.97 Å². The third kappa shape index (κ3) is 2.92. The summed E-state index contributed by atoms with van der Waals surface area (Å²) < 4.78 is 13.1. The number of phenols is 1. The monoisotopic (exact) mass is 275 g/mol. The molecule has 0 aliphatic heterocycles. The molecule has 0 fully saturated rings. The van der Waals surface area contributed by atoms with Crippen molar-refractivity contribution in [1.82, 2.24) is 0 Å². The van der Waals surface area contributed by atoms with Crippen molar-refractivity contribution in [3.8, 4) is 5.75 Å². The van der Waals surface area contributed by atoms with Gasteiger partial charge in [-0.2, -0.15) is 0 Å². The Hall–Kier alpha value is -2.89. The molecule has 0 saturated heterocycles. The van der Waals surface area contributed by atoms with Crippen LogP contribution in [0.4, 0.5) is 10.1 Å². The summed E-state index contributed by atoms with van der Waals surface area (Å²) in [4.78, 5) is 22.9. The maximum atomic E-state index is 13.1. The van der Waals surface area contributed by atoms with Crippen LogP contribution in [0, 0.1) is 5.82 Å². The third-order valence-electron chi connectivity index (χ3n) is 2.57. The lowest BCUT2D eigenvalue weighted by Gasteiger charge is -2.08. The van der Waals surface area contributed by atoms with Crippen LogP contribution in [0.1, 0.15) is 20.7 Å². The fourth-order valence-corrected chi connectivity index (χ4v) is 1.65. The highest BCUT2D eigenvalue weighted by atomic mass is 19.1. The van der Waals surface area contributed by atoms with Gasteiger partial charge in [-0.15, -0.1) is 0 Å². The second-order valence-corrected chi connectivity index (χ2v) is 4.00. The van der Waals surface area contributed by atoms with Gasteiger partial charge in [0.15, 0.2) is 0 Å². The molecule has 20 heavy (non-hydrogen) atoms. The number of carbonyl (C=O) groups excluding carboxylic acids is 1. The van der Waals surface area contributed by atoms with Gasteiger partial charge in [-0.1, -0.05) is 6.07 Å². The van der Waals surface area contributed by atoms with E-state index in [1.165, 1.54) is 24.3 Å². The maximum absolute atomic E-state index is 13.1. The van der Waals surface area contributed by atoms with Crippen molar-refractivity contribution in [3.05, 3.63) is 59.4 Å². The number of hydrogen-bond donors (Lipinski definition) is 3. The average molecular weight is 275 g/mol. The fraction of sp³-hybridized carbons (Fsp3) is 0. The van der Waals surface area contributed by atoms with E-state index < -0.39 is 17.7 Å². The number of rotatable bonds is 3. The van der Waals surface area contributed by atoms with Gasteiger partial charge in [0.05, 0.1) is 11.3 Å². The van der Waals surface area contributed by atoms with Gasteiger partial charge in [0.1, 0.15) is 11.6 Å². The van der Waals surface area contributed by atoms with E-state index in [4.69, 9.17) is 5.11 Å². The number of carboxylic acid groups (broad SMARTS) is 1. The number of aromatic carboxylic acids is 1. The van der Waals surface area contributed by atoms with Crippen LogP contribution in [0.15, 0.2) is 42.5 Å². The van der Waals surface area contributed by atoms with Crippen molar-refractivity contribution in [3.63, 3.8) is 0 Å². The summed E-state index contributed by atoms with van der Waals surface area (Å²) in [6.07, 6.45) is 0. The molecule has 2 rings (SSSR count). The van der Waals surface area contributed by atoms with Crippen LogP contribution in [0.5, 0.6) is 5.75 Å². The summed E-state index contributed by atoms with van der Waals surface area (Å²) in [7, 11) is 0. The van der Waals surface area contributed by atoms with Crippen LogP contribution in [-0.4, -0.2) is 22.1 Å². The van der Waals surface area contributed by atoms with Gasteiger partial charge in [0, 0.05) is 5.56 Å². The second kappa shape index (κ2) is 5.40. The summed E-state index contributed by atoms with van der Waals surface area (Å²) in [5, 5.41) is 20.6. The Morgan fingerprint density at radius 3 is 2.50 bits per heavy atom. The van der Waals surface area contributed by atoms with Crippen molar-refractivity contribution in [2.75, 3.05) is 5.32 Å². The second-order valence-electron chi connectivity index (χ2n) is 4.00. The minimum absolute atomic E-state index is 0.102. The van der Waals surface area contributed by atoms with Gasteiger partial charge in [0.2, 0.25) is 0 Å². The van der Waals surface area contributed by atoms with E-state index in [1.807, 2.05) is 0 Å². The molecule has 3 N–H and O–H groups in total. The molecule has 1 amide bonds. The molecule has 0 bridgehead atoms. The molecule has 0 unspecified atom stereocenters. The topological polar surface area (TPSA) is 86.6 Å². The average Bonchev–Trinajstić information content (AvgIpc) is 2.38. The first-order valence-corrected chi connectivity index (χ1v) is 5.60. The minimum Gasteiger partial charge on any atom is -0.508 e. The first-order chi connectivity index (χ1) is 9.47. The SMILES string of the molecule is O=C(Nc1cc(F)ccc1C(=O)O)c1cccc(O)c1. The molecule has 0 aliphatic carbocycles. The van der Waals surface area contributed by atoms with Crippen molar-refractivity contribution >= 4 is 17.6 Å². The number of hydrogen-bond acceptors (Lipinski definition) is 3. The van der Waals surface area contributed by atoms with E-state index in [0.29, 0.717) is 0 Å². The standard InChI is InChI=1S/C14H10FNO4/c15-9-4-5-11(14(19)20)12(7-9)16-13(18)8-2-1-3-10(17)6-8/h1-7,17H,(H,16,18)(H,19,20). The lowest BCUT2D eigenvalue weighted by molar-refractivity contribution is 0.0698. The van der Waals surface area contributed by atoms with Gasteiger partial charge < -0.3 is 15.5 Å². The quantitative estimate of drug-likeness (QED) is 0.803. The number of anilines is 1. The van der Waals surface area contributed by atoms with E-state index in [-0.39, 0.29) is 22.6 Å². The van der Waals surface area contributed by atoms with E-state index in [1.54, 1.807) is 0 Å². The molecule has 2 aromatic rings. The highest BCUT2D eigenvalue weighted by molar-refractivity contribution is 6.07. The van der Waals surface area contributed by atoms with E-state index >= 15 is 0 Å². The molecule has 0 aromatic heterocycles. The van der Waals surface area contributed by atoms with Gasteiger partial charge in [-0.3, -0.25) is 4.79 Å². The number of phenolic OH excluding ortho intramolecular Hbond substituents is 1. The van der Waals surface area contributed by atoms with Crippen molar-refractivity contribution in [1.29, 1.82) is 0 Å². The van der Waals surface area contributed by atoms with Crippen LogP contribution < -0.4 is 5.32 Å². The molecule has 0 aliphatic rings. The van der Waals surface area contributed by atoms with Crippen molar-refractivity contribution in [2.45, 2.75) is 0 Å². The smallest absolute Gasteiger partial charge is 0.337 e. The number of amides is 1. The molecule has 102 valence electrons. The van der Waals surface area contributed by atoms with Crippen molar-refractivity contribution in [2.24, 2.45) is 0 Å². The predicted octanol–water partition coefficient (Wildman–Crippen LogP) is 2.48. The number of carbonyl (C=O) groups is 2. The number of carboxylic acids is 1. The lowest BCUT2D eigenvalue weighted by Crippen LogP contribution is -2.15. The van der Waals surface area contributed by atoms with Crippen LogP contribution in [0.2, 0.25) is 0 Å². The van der Waals surface area contributed by atoms with Crippen LogP contribution in [-0.2, 0) is 0 Å². The molecule has 2 aromatic carbocycles. The van der Waals surface area contributed by atoms with Crippen LogP contribution in [0.25, 0.3) is 0 Å². The Morgan fingerprint density at radius 2 is 1.85 bits per heavy atom. The van der Waals surface area contributed by atoms with Crippen LogP contribution >= 0.6 is 0 Å². The maximum Gasteiger partial charge on any atom is 0.337 e. The summed E-state index contributed by atoms with van der Waals surface area (Å²) in [6, 6.07) is 8.49. The minimum atomic E-state index is -1.28. The number of aromatic hydroxyl groups is 1. The molecular formula is C14H10FNO4. The van der Waals surface area contributed by atoms with Gasteiger partial charge in [0.25, 0.3) is 5.91 Å². The number of halogens is 1. The third-order valence-corrected chi connectivity index (χ3v) is 2.57. The summed E-state index contributed by atoms with van der Waals surface area (Å²) in [6.45, 7) is 0. The lowest BCUT2D eigenvalue weighted by atomic mass is 10.1. The molecule has 0 heterocycles. The van der Waals surface area contributed by atoms with E-state index in [0.717, 1.165) is 18.2 Å². The molecule has 6 heteroatoms. The highest BCUT2D eigenvalue weighted by Gasteiger charge is 2.14. The Balaban J connectivity index is 2.32. The normalized spacial score (nSPS) is 10.1. The van der Waals surface area contributed by atoms with Gasteiger partial charge in [-0.05, 0) is 36.4 Å². The zero-order valence-electron chi connectivity index (χ0n) is 10.1. The Kier molecular flexibility index (Phi) is 3.65. The highest BCUT2D eigenvalue weighted by Crippen LogP contribution is 2.19. The Morgan fingerprint density at radius 1 is 1.10 bits per heavy atom. The zero-order valence-corrected chi connectivity index (χ0v) is 10.1. The molecule has 0 spiro atoms. The summed E-state index contributed by atoms with van der Waals surface area (Å²) in [5.74, 6) is -2.69. The predicted molar refractivity (Wildman–Crippen MR) is 69.4 cm³/mol. The van der Waals surface area contributed by atoms with Crippen LogP contribution in [0.3, 0.4) is 0 Å². The van der Waals surface area contributed by atoms with E-state index in [2.05, 4.69) is 5.32 Å². The summed E-state index contributed by atoms with van der Waals surface area (Å²) in [5.41, 5.74) is -0.239. The zero-order chi connectivity index (χ0) is 14.7. The number of benzene rings is 2. The molecule has 0 atom stereocenters. The number of nitrogens with one attached hydrogen (secondary N) is 1. The summed E-state index contributed by atoms with van der Waals surface area (Å²) >= 11 is 0.